The molecule has 0 aliphatic heterocycles. The molecule has 0 aromatic heterocycles. The summed E-state index contributed by atoms with van der Waals surface area (Å²) in [5, 5.41) is 0. The molecule has 0 saturated carbocycles. The number of anilines is 1. The first-order valence-electron chi connectivity index (χ1n) is 8.67. The number of nitrogens with zero attached hydrogens (tertiary/aromatic N) is 1. The van der Waals surface area contributed by atoms with Crippen LogP contribution in [0.2, 0.25) is 0 Å². The number of carbonyl (C=O) groups is 1. The lowest BCUT2D eigenvalue weighted by Gasteiger charge is -2.23. The number of aryl methyl sites for hydroxylation is 2. The highest BCUT2D eigenvalue weighted by Crippen LogP contribution is 2.19. The fourth-order valence-electron chi connectivity index (χ4n) is 2.84. The van der Waals surface area contributed by atoms with Crippen LogP contribution in [0.5, 0.6) is 0 Å². The molecule has 0 fully saturated rings. The number of amides is 1. The van der Waals surface area contributed by atoms with E-state index in [1.165, 1.54) is 11.1 Å². The van der Waals surface area contributed by atoms with Crippen molar-refractivity contribution in [3.63, 3.8) is 0 Å². The average Bonchev–Trinajstić information content (AvgIpc) is 2.67. The molecule has 0 saturated heterocycles. The molecule has 0 heterocycles. The van der Waals surface area contributed by atoms with Crippen molar-refractivity contribution in [1.29, 1.82) is 0 Å². The Kier molecular flexibility index (Phi) is 5.63. The maximum absolute atomic E-state index is 12.9. The van der Waals surface area contributed by atoms with Gasteiger partial charge in [0, 0.05) is 12.1 Å². The molecule has 2 nitrogen and oxygen atoms in total. The third kappa shape index (κ3) is 4.80. The highest BCUT2D eigenvalue weighted by Gasteiger charge is 2.16. The van der Waals surface area contributed by atoms with E-state index in [-0.39, 0.29) is 5.91 Å². The Hall–Kier alpha value is -2.87. The van der Waals surface area contributed by atoms with Gasteiger partial charge in [-0.1, -0.05) is 78.4 Å². The lowest BCUT2D eigenvalue weighted by Crippen LogP contribution is -2.30. The minimum atomic E-state index is 0.149. The van der Waals surface area contributed by atoms with Gasteiger partial charge in [-0.2, -0.15) is 0 Å². The van der Waals surface area contributed by atoms with E-state index in [9.17, 15) is 4.79 Å². The third-order valence-electron chi connectivity index (χ3n) is 4.30. The fraction of sp³-hybridized carbons (Fsp3) is 0.174. The molecule has 1 amide bonds. The molecule has 0 N–H and O–H groups in total. The van der Waals surface area contributed by atoms with Gasteiger partial charge in [0.15, 0.2) is 0 Å². The molecule has 3 aromatic rings. The van der Waals surface area contributed by atoms with E-state index < -0.39 is 0 Å². The van der Waals surface area contributed by atoms with Crippen LogP contribution < -0.4 is 4.90 Å². The van der Waals surface area contributed by atoms with Crippen LogP contribution in [0.15, 0.2) is 84.9 Å². The Balaban J connectivity index is 1.74. The van der Waals surface area contributed by atoms with E-state index in [1.54, 1.807) is 0 Å². The number of hydrogen-bond donors (Lipinski definition) is 0. The Labute approximate surface area is 149 Å². The highest BCUT2D eigenvalue weighted by atomic mass is 16.2. The van der Waals surface area contributed by atoms with Crippen molar-refractivity contribution in [1.82, 2.24) is 0 Å². The summed E-state index contributed by atoms with van der Waals surface area (Å²) in [6, 6.07) is 28.4. The zero-order valence-electron chi connectivity index (χ0n) is 14.6. The predicted molar refractivity (Wildman–Crippen MR) is 104 cm³/mol. The van der Waals surface area contributed by atoms with Gasteiger partial charge in [0.1, 0.15) is 0 Å². The van der Waals surface area contributed by atoms with Crippen LogP contribution in [0.1, 0.15) is 23.1 Å². The summed E-state index contributed by atoms with van der Waals surface area (Å²) in [7, 11) is 0. The van der Waals surface area contributed by atoms with Gasteiger partial charge in [-0.05, 0) is 36.6 Å². The minimum Gasteiger partial charge on any atom is -0.308 e. The van der Waals surface area contributed by atoms with Gasteiger partial charge >= 0.3 is 0 Å². The number of para-hydroxylation sites is 1. The van der Waals surface area contributed by atoms with Crippen molar-refractivity contribution in [3.8, 4) is 0 Å². The molecule has 0 radical (unpaired) electrons. The molecule has 0 spiro atoms. The standard InChI is InChI=1S/C23H23NO/c1-19-12-14-20(15-13-19)16-17-23(25)24(22-10-6-3-7-11-22)18-21-8-4-2-5-9-21/h2-15H,16-18H2,1H3. The number of carbonyl (C=O) groups excluding carboxylic acids is 1. The van der Waals surface area contributed by atoms with Crippen LogP contribution >= 0.6 is 0 Å². The second-order valence-corrected chi connectivity index (χ2v) is 6.29. The minimum absolute atomic E-state index is 0.149. The van der Waals surface area contributed by atoms with Crippen molar-refractivity contribution in [2.45, 2.75) is 26.3 Å². The van der Waals surface area contributed by atoms with E-state index in [4.69, 9.17) is 0 Å². The molecular formula is C23H23NO. The fourth-order valence-corrected chi connectivity index (χ4v) is 2.84. The first kappa shape index (κ1) is 17.0. The molecule has 0 aliphatic carbocycles. The number of rotatable bonds is 6. The maximum Gasteiger partial charge on any atom is 0.227 e. The van der Waals surface area contributed by atoms with Crippen LogP contribution in [-0.4, -0.2) is 5.91 Å². The van der Waals surface area contributed by atoms with Crippen LogP contribution in [0, 0.1) is 6.92 Å². The molecule has 25 heavy (non-hydrogen) atoms. The molecule has 0 atom stereocenters. The van der Waals surface area contributed by atoms with E-state index in [0.717, 1.165) is 17.7 Å². The van der Waals surface area contributed by atoms with Crippen LogP contribution in [-0.2, 0) is 17.8 Å². The average molecular weight is 329 g/mol. The predicted octanol–water partition coefficient (Wildman–Crippen LogP) is 5.16. The van der Waals surface area contributed by atoms with Crippen molar-refractivity contribution in [3.05, 3.63) is 102 Å². The van der Waals surface area contributed by atoms with Crippen LogP contribution in [0.3, 0.4) is 0 Å². The normalized spacial score (nSPS) is 10.4. The zero-order chi connectivity index (χ0) is 17.5. The lowest BCUT2D eigenvalue weighted by molar-refractivity contribution is -0.118. The van der Waals surface area contributed by atoms with Gasteiger partial charge in [0.2, 0.25) is 5.91 Å². The second kappa shape index (κ2) is 8.29. The van der Waals surface area contributed by atoms with Gasteiger partial charge in [0.25, 0.3) is 0 Å². The molecule has 2 heteroatoms. The molecule has 0 aliphatic rings. The molecule has 3 rings (SSSR count). The number of hydrogen-bond acceptors (Lipinski definition) is 1. The number of benzene rings is 3. The maximum atomic E-state index is 12.9. The summed E-state index contributed by atoms with van der Waals surface area (Å²) < 4.78 is 0. The second-order valence-electron chi connectivity index (χ2n) is 6.29. The van der Waals surface area contributed by atoms with Crippen LogP contribution in [0.25, 0.3) is 0 Å². The molecule has 126 valence electrons. The van der Waals surface area contributed by atoms with Crippen LogP contribution in [0.4, 0.5) is 5.69 Å². The molecule has 0 bridgehead atoms. The van der Waals surface area contributed by atoms with Crippen molar-refractivity contribution < 1.29 is 4.79 Å². The van der Waals surface area contributed by atoms with E-state index >= 15 is 0 Å². The van der Waals surface area contributed by atoms with E-state index in [2.05, 4.69) is 43.3 Å². The lowest BCUT2D eigenvalue weighted by atomic mass is 10.1. The molecular weight excluding hydrogens is 306 g/mol. The quantitative estimate of drug-likeness (QED) is 0.611. The SMILES string of the molecule is Cc1ccc(CCC(=O)N(Cc2ccccc2)c2ccccc2)cc1. The highest BCUT2D eigenvalue weighted by molar-refractivity contribution is 5.93. The van der Waals surface area contributed by atoms with Crippen molar-refractivity contribution in [2.24, 2.45) is 0 Å². The summed E-state index contributed by atoms with van der Waals surface area (Å²) in [5.41, 5.74) is 4.52. The van der Waals surface area contributed by atoms with E-state index in [0.29, 0.717) is 13.0 Å². The summed E-state index contributed by atoms with van der Waals surface area (Å²) in [6.45, 7) is 2.67. The molecule has 3 aromatic carbocycles. The topological polar surface area (TPSA) is 20.3 Å². The summed E-state index contributed by atoms with van der Waals surface area (Å²) >= 11 is 0. The first-order valence-corrected chi connectivity index (χ1v) is 8.67. The van der Waals surface area contributed by atoms with Gasteiger partial charge in [0.05, 0.1) is 6.54 Å². The molecule has 0 unspecified atom stereocenters. The Morgan fingerprint density at radius 3 is 2.00 bits per heavy atom. The smallest absolute Gasteiger partial charge is 0.227 e. The summed E-state index contributed by atoms with van der Waals surface area (Å²) in [5.74, 6) is 0.149. The largest absolute Gasteiger partial charge is 0.308 e. The van der Waals surface area contributed by atoms with Gasteiger partial charge in [-0.25, -0.2) is 0 Å². The van der Waals surface area contributed by atoms with Crippen molar-refractivity contribution >= 4 is 11.6 Å². The summed E-state index contributed by atoms with van der Waals surface area (Å²) in [4.78, 5) is 14.8. The zero-order valence-corrected chi connectivity index (χ0v) is 14.6. The van der Waals surface area contributed by atoms with Crippen molar-refractivity contribution in [2.75, 3.05) is 4.90 Å². The summed E-state index contributed by atoms with van der Waals surface area (Å²) in [6.07, 6.45) is 1.27. The van der Waals surface area contributed by atoms with Gasteiger partial charge in [-0.3, -0.25) is 4.79 Å². The Morgan fingerprint density at radius 2 is 1.36 bits per heavy atom. The Morgan fingerprint density at radius 1 is 0.760 bits per heavy atom. The van der Waals surface area contributed by atoms with E-state index in [1.807, 2.05) is 53.4 Å². The Bertz CT molecular complexity index is 795. The van der Waals surface area contributed by atoms with Gasteiger partial charge in [-0.15, -0.1) is 0 Å². The monoisotopic (exact) mass is 329 g/mol. The first-order chi connectivity index (χ1) is 12.2. The van der Waals surface area contributed by atoms with Gasteiger partial charge < -0.3 is 4.90 Å². The third-order valence-corrected chi connectivity index (χ3v) is 4.30.